The third kappa shape index (κ3) is 2.64. The van der Waals surface area contributed by atoms with Crippen molar-refractivity contribution in [2.45, 2.75) is 42.4 Å². The van der Waals surface area contributed by atoms with E-state index in [-0.39, 0.29) is 5.84 Å². The van der Waals surface area contributed by atoms with Gasteiger partial charge in [-0.05, 0) is 24.6 Å². The van der Waals surface area contributed by atoms with Gasteiger partial charge in [-0.2, -0.15) is 0 Å². The van der Waals surface area contributed by atoms with Gasteiger partial charge in [0.2, 0.25) is 0 Å². The van der Waals surface area contributed by atoms with Crippen LogP contribution in [0.4, 0.5) is 0 Å². The maximum atomic E-state index is 7.29. The maximum absolute atomic E-state index is 7.29. The van der Waals surface area contributed by atoms with Crippen LogP contribution in [0.15, 0.2) is 22.6 Å². The number of aromatic nitrogens is 5. The van der Waals surface area contributed by atoms with Gasteiger partial charge in [0.25, 0.3) is 0 Å². The maximum Gasteiger partial charge on any atom is 0.197 e. The van der Waals surface area contributed by atoms with Gasteiger partial charge in [0.15, 0.2) is 5.16 Å². The van der Waals surface area contributed by atoms with E-state index in [1.807, 2.05) is 0 Å². The third-order valence-electron chi connectivity index (χ3n) is 3.18. The van der Waals surface area contributed by atoms with Gasteiger partial charge >= 0.3 is 0 Å². The molecule has 0 atom stereocenters. The lowest BCUT2D eigenvalue weighted by molar-refractivity contribution is 0.590. The van der Waals surface area contributed by atoms with Gasteiger partial charge in [-0.3, -0.25) is 5.41 Å². The number of nitrogen functional groups attached to an aromatic ring is 1. The van der Waals surface area contributed by atoms with Crippen LogP contribution in [0.1, 0.15) is 30.8 Å². The highest BCUT2D eigenvalue weighted by Gasteiger charge is 2.16. The van der Waals surface area contributed by atoms with Crippen molar-refractivity contribution in [3.8, 4) is 0 Å². The first kappa shape index (κ1) is 13.0. The van der Waals surface area contributed by atoms with E-state index in [1.165, 1.54) is 30.8 Å². The summed E-state index contributed by atoms with van der Waals surface area (Å²) in [4.78, 5) is 8.34. The number of nitrogens with two attached hydrogens (primary N) is 1. The quantitative estimate of drug-likeness (QED) is 0.650. The van der Waals surface area contributed by atoms with Crippen molar-refractivity contribution < 1.29 is 0 Å². The van der Waals surface area contributed by atoms with Gasteiger partial charge < -0.3 is 10.3 Å². The number of hydrogen-bond acceptors (Lipinski definition) is 6. The van der Waals surface area contributed by atoms with Gasteiger partial charge in [0.1, 0.15) is 22.4 Å². The van der Waals surface area contributed by atoms with Crippen LogP contribution in [-0.2, 0) is 13.0 Å². The Kier molecular flexibility index (Phi) is 3.64. The van der Waals surface area contributed by atoms with Crippen LogP contribution in [0.3, 0.4) is 0 Å². The molecule has 2 aromatic rings. The Balaban J connectivity index is 1.81. The molecule has 0 amide bonds. The molecule has 0 saturated carbocycles. The zero-order valence-electron chi connectivity index (χ0n) is 10.9. The summed E-state index contributed by atoms with van der Waals surface area (Å²) < 4.78 is 2.16. The Morgan fingerprint density at radius 3 is 2.85 bits per heavy atom. The Morgan fingerprint density at radius 1 is 1.20 bits per heavy atom. The summed E-state index contributed by atoms with van der Waals surface area (Å²) in [7, 11) is 0. The van der Waals surface area contributed by atoms with Crippen molar-refractivity contribution in [3.63, 3.8) is 0 Å². The number of hydrogen-bond donors (Lipinski definition) is 2. The van der Waals surface area contributed by atoms with Gasteiger partial charge in [-0.1, -0.05) is 6.42 Å². The predicted molar refractivity (Wildman–Crippen MR) is 74.7 cm³/mol. The van der Waals surface area contributed by atoms with Crippen LogP contribution in [-0.4, -0.2) is 30.6 Å². The van der Waals surface area contributed by atoms with Gasteiger partial charge in [0.05, 0.1) is 12.4 Å². The van der Waals surface area contributed by atoms with Gasteiger partial charge in [0, 0.05) is 13.0 Å². The molecule has 3 N–H and O–H groups in total. The van der Waals surface area contributed by atoms with Crippen LogP contribution in [0.2, 0.25) is 0 Å². The molecule has 1 aliphatic rings. The van der Waals surface area contributed by atoms with Gasteiger partial charge in [-0.25, -0.2) is 9.97 Å². The second kappa shape index (κ2) is 5.58. The molecule has 104 valence electrons. The summed E-state index contributed by atoms with van der Waals surface area (Å²) in [5.74, 6) is 0.976. The minimum atomic E-state index is -0.0783. The molecule has 8 heteroatoms. The Hall–Kier alpha value is -1.96. The van der Waals surface area contributed by atoms with E-state index in [0.29, 0.717) is 5.69 Å². The standard InChI is InChI=1S/C12H15N7S/c13-11(14)8-6-16-10(7-15-8)20-12-18-17-9-4-2-1-3-5-19(9)12/h6-7H,1-5H2,(H3,13,14). The zero-order chi connectivity index (χ0) is 13.9. The second-order valence-electron chi connectivity index (χ2n) is 4.62. The van der Waals surface area contributed by atoms with E-state index in [2.05, 4.69) is 24.7 Å². The van der Waals surface area contributed by atoms with E-state index >= 15 is 0 Å². The molecule has 0 unspecified atom stereocenters. The molecule has 0 aromatic carbocycles. The summed E-state index contributed by atoms with van der Waals surface area (Å²) in [5.41, 5.74) is 5.74. The molecule has 2 aromatic heterocycles. The van der Waals surface area contributed by atoms with Crippen molar-refractivity contribution in [1.82, 2.24) is 24.7 Å². The number of aryl methyl sites for hydroxylation is 1. The topological polar surface area (TPSA) is 106 Å². The highest BCUT2D eigenvalue weighted by atomic mass is 32.2. The van der Waals surface area contributed by atoms with Crippen LogP contribution in [0, 0.1) is 5.41 Å². The molecular formula is C12H15N7S. The summed E-state index contributed by atoms with van der Waals surface area (Å²) >= 11 is 1.44. The fourth-order valence-corrected chi connectivity index (χ4v) is 2.92. The van der Waals surface area contributed by atoms with E-state index in [9.17, 15) is 0 Å². The molecular weight excluding hydrogens is 274 g/mol. The Bertz CT molecular complexity index is 619. The molecule has 0 bridgehead atoms. The van der Waals surface area contributed by atoms with Crippen LogP contribution in [0.25, 0.3) is 0 Å². The van der Waals surface area contributed by atoms with Crippen molar-refractivity contribution in [1.29, 1.82) is 5.41 Å². The number of rotatable bonds is 3. The molecule has 0 aliphatic carbocycles. The summed E-state index contributed by atoms with van der Waals surface area (Å²) in [6, 6.07) is 0. The Labute approximate surface area is 120 Å². The van der Waals surface area contributed by atoms with E-state index < -0.39 is 0 Å². The monoisotopic (exact) mass is 289 g/mol. The average molecular weight is 289 g/mol. The predicted octanol–water partition coefficient (Wildman–Crippen LogP) is 1.23. The number of fused-ring (bicyclic) bond motifs is 1. The molecule has 0 fully saturated rings. The average Bonchev–Trinajstić information content (AvgIpc) is 2.69. The van der Waals surface area contributed by atoms with Gasteiger partial charge in [-0.15, -0.1) is 10.2 Å². The second-order valence-corrected chi connectivity index (χ2v) is 5.60. The molecule has 1 aliphatic heterocycles. The first-order chi connectivity index (χ1) is 9.74. The SMILES string of the molecule is N=C(N)c1cnc(Sc2nnc3n2CCCCC3)cn1. The summed E-state index contributed by atoms with van der Waals surface area (Å²) in [6.07, 6.45) is 7.68. The van der Waals surface area contributed by atoms with Crippen LogP contribution < -0.4 is 5.73 Å². The fourth-order valence-electron chi connectivity index (χ4n) is 2.14. The Morgan fingerprint density at radius 2 is 2.10 bits per heavy atom. The van der Waals surface area contributed by atoms with Crippen LogP contribution in [0.5, 0.6) is 0 Å². The van der Waals surface area contributed by atoms with E-state index in [0.717, 1.165) is 35.4 Å². The lowest BCUT2D eigenvalue weighted by Crippen LogP contribution is -2.13. The highest BCUT2D eigenvalue weighted by Crippen LogP contribution is 2.26. The third-order valence-corrected chi connectivity index (χ3v) is 4.08. The molecule has 3 heterocycles. The van der Waals surface area contributed by atoms with Crippen LogP contribution >= 0.6 is 11.8 Å². The molecule has 0 saturated heterocycles. The van der Waals surface area contributed by atoms with Crippen molar-refractivity contribution in [3.05, 3.63) is 23.9 Å². The number of amidine groups is 1. The lowest BCUT2D eigenvalue weighted by Gasteiger charge is -2.05. The lowest BCUT2D eigenvalue weighted by atomic mass is 10.2. The van der Waals surface area contributed by atoms with Crippen molar-refractivity contribution in [2.24, 2.45) is 5.73 Å². The largest absolute Gasteiger partial charge is 0.382 e. The molecule has 0 spiro atoms. The van der Waals surface area contributed by atoms with E-state index in [4.69, 9.17) is 11.1 Å². The molecule has 3 rings (SSSR count). The zero-order valence-corrected chi connectivity index (χ0v) is 11.7. The highest BCUT2D eigenvalue weighted by molar-refractivity contribution is 7.99. The molecule has 0 radical (unpaired) electrons. The number of nitrogens with one attached hydrogen (secondary N) is 1. The first-order valence-corrected chi connectivity index (χ1v) is 7.32. The first-order valence-electron chi connectivity index (χ1n) is 6.50. The fraction of sp³-hybridized carbons (Fsp3) is 0.417. The van der Waals surface area contributed by atoms with E-state index in [1.54, 1.807) is 6.20 Å². The smallest absolute Gasteiger partial charge is 0.197 e. The molecule has 7 nitrogen and oxygen atoms in total. The minimum absolute atomic E-state index is 0.0783. The van der Waals surface area contributed by atoms with Crippen molar-refractivity contribution in [2.75, 3.05) is 0 Å². The minimum Gasteiger partial charge on any atom is -0.382 e. The summed E-state index contributed by atoms with van der Waals surface area (Å²) in [5, 5.41) is 17.4. The van der Waals surface area contributed by atoms with Crippen molar-refractivity contribution >= 4 is 17.6 Å². The molecule has 20 heavy (non-hydrogen) atoms. The number of nitrogens with zero attached hydrogens (tertiary/aromatic N) is 5. The summed E-state index contributed by atoms with van der Waals surface area (Å²) in [6.45, 7) is 0.962. The normalized spacial score (nSPS) is 14.6.